The zero-order valence-electron chi connectivity index (χ0n) is 9.96. The van der Waals surface area contributed by atoms with E-state index in [4.69, 9.17) is 17.3 Å². The molecule has 3 N–H and O–H groups in total. The summed E-state index contributed by atoms with van der Waals surface area (Å²) in [6, 6.07) is 5.74. The first kappa shape index (κ1) is 13.4. The molecule has 1 heterocycles. The normalized spacial score (nSPS) is 10.4. The smallest absolute Gasteiger partial charge is 0.139 e. The standard InChI is InChI=1S/C12H12ClIN4/c1-6-11(15)16-7(2)17-12(6)18-10-5-8(14)3-4-9(10)13/h3-5H,1-2H3,(H3,15,16,17,18). The highest BCUT2D eigenvalue weighted by atomic mass is 127. The number of nitrogens with zero attached hydrogens (tertiary/aromatic N) is 2. The van der Waals surface area contributed by atoms with Gasteiger partial charge in [-0.3, -0.25) is 0 Å². The van der Waals surface area contributed by atoms with Crippen LogP contribution in [0, 0.1) is 17.4 Å². The van der Waals surface area contributed by atoms with E-state index < -0.39 is 0 Å². The minimum atomic E-state index is 0.478. The number of rotatable bonds is 2. The molecular weight excluding hydrogens is 363 g/mol. The fraction of sp³-hybridized carbons (Fsp3) is 0.167. The number of nitrogens with one attached hydrogen (secondary N) is 1. The minimum Gasteiger partial charge on any atom is -0.383 e. The number of anilines is 3. The molecule has 4 nitrogen and oxygen atoms in total. The summed E-state index contributed by atoms with van der Waals surface area (Å²) < 4.78 is 1.09. The summed E-state index contributed by atoms with van der Waals surface area (Å²) in [6.45, 7) is 3.68. The van der Waals surface area contributed by atoms with Gasteiger partial charge in [0.2, 0.25) is 0 Å². The molecule has 94 valence electrons. The van der Waals surface area contributed by atoms with Gasteiger partial charge in [0.05, 0.1) is 10.7 Å². The van der Waals surface area contributed by atoms with Crippen molar-refractivity contribution < 1.29 is 0 Å². The summed E-state index contributed by atoms with van der Waals surface area (Å²) in [5, 5.41) is 3.84. The van der Waals surface area contributed by atoms with Gasteiger partial charge < -0.3 is 11.1 Å². The maximum Gasteiger partial charge on any atom is 0.139 e. The molecule has 1 aromatic carbocycles. The summed E-state index contributed by atoms with van der Waals surface area (Å²) in [7, 11) is 0. The Labute approximate surface area is 124 Å². The first-order valence-corrected chi connectivity index (χ1v) is 6.76. The largest absolute Gasteiger partial charge is 0.383 e. The molecule has 0 unspecified atom stereocenters. The van der Waals surface area contributed by atoms with Gasteiger partial charge in [0.25, 0.3) is 0 Å². The van der Waals surface area contributed by atoms with E-state index in [1.807, 2.05) is 25.1 Å². The Morgan fingerprint density at radius 1 is 1.28 bits per heavy atom. The van der Waals surface area contributed by atoms with E-state index in [0.29, 0.717) is 22.5 Å². The lowest BCUT2D eigenvalue weighted by atomic mass is 10.2. The molecule has 6 heteroatoms. The second-order valence-electron chi connectivity index (χ2n) is 3.88. The van der Waals surface area contributed by atoms with E-state index in [1.165, 1.54) is 0 Å². The second kappa shape index (κ2) is 5.27. The van der Waals surface area contributed by atoms with Crippen molar-refractivity contribution in [3.8, 4) is 0 Å². The van der Waals surface area contributed by atoms with Gasteiger partial charge in [-0.05, 0) is 54.6 Å². The third kappa shape index (κ3) is 2.84. The SMILES string of the molecule is Cc1nc(N)c(C)c(Nc2cc(I)ccc2Cl)n1. The van der Waals surface area contributed by atoms with Crippen LogP contribution in [0.4, 0.5) is 17.3 Å². The molecule has 0 aliphatic heterocycles. The molecule has 0 radical (unpaired) electrons. The minimum absolute atomic E-state index is 0.478. The Morgan fingerprint density at radius 2 is 2.00 bits per heavy atom. The molecule has 0 fully saturated rings. The Morgan fingerprint density at radius 3 is 2.72 bits per heavy atom. The molecule has 2 aromatic rings. The maximum absolute atomic E-state index is 6.14. The Bertz CT molecular complexity index is 601. The summed E-state index contributed by atoms with van der Waals surface area (Å²) in [4.78, 5) is 8.44. The van der Waals surface area contributed by atoms with Crippen molar-refractivity contribution >= 4 is 51.5 Å². The Hall–Kier alpha value is -1.08. The third-order valence-electron chi connectivity index (χ3n) is 2.48. The van der Waals surface area contributed by atoms with E-state index in [2.05, 4.69) is 37.9 Å². The predicted molar refractivity (Wildman–Crippen MR) is 83.4 cm³/mol. The predicted octanol–water partition coefficient (Wildman–Crippen LogP) is 3.68. The number of nitrogens with two attached hydrogens (primary N) is 1. The van der Waals surface area contributed by atoms with E-state index in [-0.39, 0.29) is 0 Å². The number of aromatic nitrogens is 2. The fourth-order valence-electron chi connectivity index (χ4n) is 1.49. The van der Waals surface area contributed by atoms with Crippen molar-refractivity contribution in [2.45, 2.75) is 13.8 Å². The molecule has 0 atom stereocenters. The van der Waals surface area contributed by atoms with E-state index in [0.717, 1.165) is 14.8 Å². The van der Waals surface area contributed by atoms with Gasteiger partial charge in [-0.1, -0.05) is 11.6 Å². The highest BCUT2D eigenvalue weighted by Gasteiger charge is 2.09. The lowest BCUT2D eigenvalue weighted by molar-refractivity contribution is 1.04. The van der Waals surface area contributed by atoms with Crippen LogP contribution >= 0.6 is 34.2 Å². The molecule has 18 heavy (non-hydrogen) atoms. The number of benzene rings is 1. The summed E-state index contributed by atoms with van der Waals surface area (Å²) in [5.74, 6) is 1.79. The van der Waals surface area contributed by atoms with E-state index >= 15 is 0 Å². The highest BCUT2D eigenvalue weighted by molar-refractivity contribution is 14.1. The van der Waals surface area contributed by atoms with Gasteiger partial charge in [-0.25, -0.2) is 9.97 Å². The van der Waals surface area contributed by atoms with Gasteiger partial charge in [-0.2, -0.15) is 0 Å². The lowest BCUT2D eigenvalue weighted by Crippen LogP contribution is -2.05. The van der Waals surface area contributed by atoms with Crippen LogP contribution in [0.3, 0.4) is 0 Å². The second-order valence-corrected chi connectivity index (χ2v) is 5.53. The molecule has 0 saturated heterocycles. The van der Waals surface area contributed by atoms with Gasteiger partial charge in [0, 0.05) is 9.13 Å². The van der Waals surface area contributed by atoms with Crippen LogP contribution < -0.4 is 11.1 Å². The molecule has 0 amide bonds. The quantitative estimate of drug-likeness (QED) is 0.787. The summed E-state index contributed by atoms with van der Waals surface area (Å²) in [5.41, 5.74) is 7.44. The molecule has 0 aliphatic rings. The van der Waals surface area contributed by atoms with Crippen molar-refractivity contribution in [3.63, 3.8) is 0 Å². The van der Waals surface area contributed by atoms with Crippen LogP contribution in [-0.2, 0) is 0 Å². The van der Waals surface area contributed by atoms with Crippen molar-refractivity contribution in [2.24, 2.45) is 0 Å². The molecule has 0 spiro atoms. The van der Waals surface area contributed by atoms with Crippen molar-refractivity contribution in [3.05, 3.63) is 38.2 Å². The lowest BCUT2D eigenvalue weighted by Gasteiger charge is -2.12. The van der Waals surface area contributed by atoms with E-state index in [9.17, 15) is 0 Å². The van der Waals surface area contributed by atoms with Crippen LogP contribution in [0.5, 0.6) is 0 Å². The first-order chi connectivity index (χ1) is 8.47. The molecular formula is C12H12ClIN4. The van der Waals surface area contributed by atoms with Gasteiger partial charge >= 0.3 is 0 Å². The van der Waals surface area contributed by atoms with Crippen LogP contribution in [-0.4, -0.2) is 9.97 Å². The number of aryl methyl sites for hydroxylation is 1. The van der Waals surface area contributed by atoms with Crippen molar-refractivity contribution in [2.75, 3.05) is 11.1 Å². The van der Waals surface area contributed by atoms with Crippen LogP contribution in [0.2, 0.25) is 5.02 Å². The number of halogens is 2. The number of hydrogen-bond acceptors (Lipinski definition) is 4. The first-order valence-electron chi connectivity index (χ1n) is 5.30. The van der Waals surface area contributed by atoms with Crippen LogP contribution in [0.1, 0.15) is 11.4 Å². The zero-order valence-corrected chi connectivity index (χ0v) is 12.9. The van der Waals surface area contributed by atoms with Crippen molar-refractivity contribution in [1.82, 2.24) is 9.97 Å². The number of nitrogen functional groups attached to an aromatic ring is 1. The molecule has 0 saturated carbocycles. The molecule has 0 aliphatic carbocycles. The zero-order chi connectivity index (χ0) is 13.3. The Balaban J connectivity index is 2.43. The third-order valence-corrected chi connectivity index (χ3v) is 3.48. The molecule has 2 rings (SSSR count). The van der Waals surface area contributed by atoms with Gasteiger partial charge in [0.1, 0.15) is 17.5 Å². The molecule has 1 aromatic heterocycles. The van der Waals surface area contributed by atoms with Crippen LogP contribution in [0.25, 0.3) is 0 Å². The van der Waals surface area contributed by atoms with Crippen LogP contribution in [0.15, 0.2) is 18.2 Å². The topological polar surface area (TPSA) is 63.8 Å². The summed E-state index contributed by atoms with van der Waals surface area (Å²) >= 11 is 8.37. The Kier molecular flexibility index (Phi) is 3.91. The summed E-state index contributed by atoms with van der Waals surface area (Å²) in [6.07, 6.45) is 0. The van der Waals surface area contributed by atoms with Gasteiger partial charge in [-0.15, -0.1) is 0 Å². The molecule has 0 bridgehead atoms. The van der Waals surface area contributed by atoms with Gasteiger partial charge in [0.15, 0.2) is 0 Å². The fourth-order valence-corrected chi connectivity index (χ4v) is 2.15. The van der Waals surface area contributed by atoms with Crippen molar-refractivity contribution in [1.29, 1.82) is 0 Å². The number of hydrogen-bond donors (Lipinski definition) is 2. The van der Waals surface area contributed by atoms with E-state index in [1.54, 1.807) is 6.92 Å². The average Bonchev–Trinajstić information content (AvgIpc) is 2.30. The maximum atomic E-state index is 6.14. The monoisotopic (exact) mass is 374 g/mol. The highest BCUT2D eigenvalue weighted by Crippen LogP contribution is 2.28. The average molecular weight is 375 g/mol.